The summed E-state index contributed by atoms with van der Waals surface area (Å²) in [6.45, 7) is 1.57. The van der Waals surface area contributed by atoms with Crippen molar-refractivity contribution >= 4 is 23.2 Å². The molecule has 0 spiro atoms. The Morgan fingerprint density at radius 1 is 1.25 bits per heavy atom. The van der Waals surface area contributed by atoms with Crippen LogP contribution in [0, 0.1) is 12.7 Å². The summed E-state index contributed by atoms with van der Waals surface area (Å²) >= 11 is 0. The highest BCUT2D eigenvalue weighted by Crippen LogP contribution is 2.26. The molecule has 6 heteroatoms. The number of rotatable bonds is 4. The summed E-state index contributed by atoms with van der Waals surface area (Å²) in [5.74, 6) is -0.0975. The van der Waals surface area contributed by atoms with Gasteiger partial charge in [-0.2, -0.15) is 0 Å². The molecule has 5 nitrogen and oxygen atoms in total. The van der Waals surface area contributed by atoms with Gasteiger partial charge in [0.2, 0.25) is 5.91 Å². The molecule has 0 radical (unpaired) electrons. The van der Waals surface area contributed by atoms with Gasteiger partial charge < -0.3 is 15.4 Å². The molecule has 1 heterocycles. The number of hydrogen-bond acceptors (Lipinski definition) is 3. The zero-order valence-corrected chi connectivity index (χ0v) is 13.2. The molecular formula is C18H17FN2O3. The SMILES string of the molecule is Cc1cc(F)ccc1NC(=O)COc1ccc2c(c1)CCC(=O)N2. The average Bonchev–Trinajstić information content (AvgIpc) is 2.55. The number of nitrogens with one attached hydrogen (secondary N) is 2. The van der Waals surface area contributed by atoms with Crippen molar-refractivity contribution in [2.75, 3.05) is 17.2 Å². The number of benzene rings is 2. The molecule has 0 saturated carbocycles. The van der Waals surface area contributed by atoms with E-state index >= 15 is 0 Å². The zero-order chi connectivity index (χ0) is 17.1. The third kappa shape index (κ3) is 3.71. The van der Waals surface area contributed by atoms with Gasteiger partial charge in [-0.15, -0.1) is 0 Å². The Bertz CT molecular complexity index is 805. The van der Waals surface area contributed by atoms with Crippen molar-refractivity contribution in [3.8, 4) is 5.75 Å². The van der Waals surface area contributed by atoms with Crippen LogP contribution in [-0.4, -0.2) is 18.4 Å². The normalized spacial score (nSPS) is 13.0. The minimum Gasteiger partial charge on any atom is -0.484 e. The summed E-state index contributed by atoms with van der Waals surface area (Å²) in [4.78, 5) is 23.3. The van der Waals surface area contributed by atoms with Crippen molar-refractivity contribution in [1.29, 1.82) is 0 Å². The zero-order valence-electron chi connectivity index (χ0n) is 13.2. The maximum absolute atomic E-state index is 13.1. The summed E-state index contributed by atoms with van der Waals surface area (Å²) in [6, 6.07) is 9.47. The van der Waals surface area contributed by atoms with E-state index in [1.807, 2.05) is 6.07 Å². The lowest BCUT2D eigenvalue weighted by molar-refractivity contribution is -0.118. The molecule has 0 bridgehead atoms. The molecule has 2 aromatic rings. The summed E-state index contributed by atoms with van der Waals surface area (Å²) in [5.41, 5.74) is 2.97. The van der Waals surface area contributed by atoms with E-state index in [2.05, 4.69) is 10.6 Å². The highest BCUT2D eigenvalue weighted by atomic mass is 19.1. The minimum atomic E-state index is -0.345. The standard InChI is InChI=1S/C18H17FN2O3/c1-11-8-13(19)3-5-15(11)20-18(23)10-24-14-4-6-16-12(9-14)2-7-17(22)21-16/h3-6,8-9H,2,7,10H2,1H3,(H,20,23)(H,21,22). The Kier molecular flexibility index (Phi) is 4.46. The highest BCUT2D eigenvalue weighted by molar-refractivity contribution is 5.94. The molecule has 0 unspecified atom stereocenters. The highest BCUT2D eigenvalue weighted by Gasteiger charge is 2.15. The number of ether oxygens (including phenoxy) is 1. The van der Waals surface area contributed by atoms with Crippen LogP contribution in [0.5, 0.6) is 5.75 Å². The van der Waals surface area contributed by atoms with Crippen molar-refractivity contribution in [2.24, 2.45) is 0 Å². The first-order chi connectivity index (χ1) is 11.5. The number of halogens is 1. The molecule has 3 rings (SSSR count). The second kappa shape index (κ2) is 6.70. The van der Waals surface area contributed by atoms with E-state index < -0.39 is 0 Å². The molecule has 0 saturated heterocycles. The van der Waals surface area contributed by atoms with Crippen molar-refractivity contribution in [3.05, 3.63) is 53.3 Å². The third-order valence-electron chi connectivity index (χ3n) is 3.80. The second-order valence-corrected chi connectivity index (χ2v) is 5.66. The maximum atomic E-state index is 13.1. The molecule has 2 N–H and O–H groups in total. The summed E-state index contributed by atoms with van der Waals surface area (Å²) in [5, 5.41) is 5.48. The van der Waals surface area contributed by atoms with E-state index in [4.69, 9.17) is 4.74 Å². The lowest BCUT2D eigenvalue weighted by Gasteiger charge is -2.17. The van der Waals surface area contributed by atoms with Crippen molar-refractivity contribution in [1.82, 2.24) is 0 Å². The number of carbonyl (C=O) groups is 2. The second-order valence-electron chi connectivity index (χ2n) is 5.66. The molecule has 1 aliphatic rings. The largest absolute Gasteiger partial charge is 0.484 e. The fourth-order valence-corrected chi connectivity index (χ4v) is 2.55. The van der Waals surface area contributed by atoms with Crippen LogP contribution in [0.3, 0.4) is 0 Å². The molecule has 2 amide bonds. The van der Waals surface area contributed by atoms with E-state index in [1.165, 1.54) is 18.2 Å². The number of fused-ring (bicyclic) bond motifs is 1. The van der Waals surface area contributed by atoms with E-state index in [-0.39, 0.29) is 24.2 Å². The first-order valence-electron chi connectivity index (χ1n) is 7.63. The van der Waals surface area contributed by atoms with Crippen molar-refractivity contribution in [2.45, 2.75) is 19.8 Å². The maximum Gasteiger partial charge on any atom is 0.262 e. The van der Waals surface area contributed by atoms with Gasteiger partial charge in [0.05, 0.1) is 0 Å². The van der Waals surface area contributed by atoms with Crippen LogP contribution in [0.25, 0.3) is 0 Å². The van der Waals surface area contributed by atoms with E-state index in [9.17, 15) is 14.0 Å². The molecule has 0 aliphatic carbocycles. The third-order valence-corrected chi connectivity index (χ3v) is 3.80. The molecule has 0 aromatic heterocycles. The number of aryl methyl sites for hydroxylation is 2. The van der Waals surface area contributed by atoms with Crippen LogP contribution in [0.4, 0.5) is 15.8 Å². The molecule has 0 atom stereocenters. The number of anilines is 2. The smallest absolute Gasteiger partial charge is 0.262 e. The fraction of sp³-hybridized carbons (Fsp3) is 0.222. The lowest BCUT2D eigenvalue weighted by Crippen LogP contribution is -2.21. The van der Waals surface area contributed by atoms with Gasteiger partial charge in [0.25, 0.3) is 5.91 Å². The topological polar surface area (TPSA) is 67.4 Å². The van der Waals surface area contributed by atoms with E-state index in [0.29, 0.717) is 29.8 Å². The van der Waals surface area contributed by atoms with Gasteiger partial charge in [0.1, 0.15) is 11.6 Å². The summed E-state index contributed by atoms with van der Waals surface area (Å²) in [7, 11) is 0. The monoisotopic (exact) mass is 328 g/mol. The molecule has 0 fully saturated rings. The number of hydrogen-bond donors (Lipinski definition) is 2. The molecule has 1 aliphatic heterocycles. The molecule has 2 aromatic carbocycles. The minimum absolute atomic E-state index is 0.00483. The summed E-state index contributed by atoms with van der Waals surface area (Å²) in [6.07, 6.45) is 1.10. The van der Waals surface area contributed by atoms with Crippen LogP contribution < -0.4 is 15.4 Å². The first kappa shape index (κ1) is 16.0. The lowest BCUT2D eigenvalue weighted by atomic mass is 10.0. The van der Waals surface area contributed by atoms with Gasteiger partial charge in [-0.05, 0) is 60.9 Å². The molecular weight excluding hydrogens is 311 g/mol. The van der Waals surface area contributed by atoms with Crippen LogP contribution in [0.15, 0.2) is 36.4 Å². The Hall–Kier alpha value is -2.89. The van der Waals surface area contributed by atoms with Crippen molar-refractivity contribution in [3.63, 3.8) is 0 Å². The van der Waals surface area contributed by atoms with Gasteiger partial charge in [-0.25, -0.2) is 4.39 Å². The van der Waals surface area contributed by atoms with Gasteiger partial charge in [-0.1, -0.05) is 0 Å². The quantitative estimate of drug-likeness (QED) is 0.906. The van der Waals surface area contributed by atoms with Crippen LogP contribution in [0.2, 0.25) is 0 Å². The number of carbonyl (C=O) groups excluding carboxylic acids is 2. The Morgan fingerprint density at radius 2 is 2.08 bits per heavy atom. The van der Waals surface area contributed by atoms with Crippen molar-refractivity contribution < 1.29 is 18.7 Å². The Morgan fingerprint density at radius 3 is 2.88 bits per heavy atom. The molecule has 24 heavy (non-hydrogen) atoms. The van der Waals surface area contributed by atoms with Crippen LogP contribution in [0.1, 0.15) is 17.5 Å². The molecule has 124 valence electrons. The van der Waals surface area contributed by atoms with Gasteiger partial charge in [0, 0.05) is 17.8 Å². The average molecular weight is 328 g/mol. The Labute approximate surface area is 138 Å². The predicted molar refractivity (Wildman–Crippen MR) is 88.7 cm³/mol. The van der Waals surface area contributed by atoms with Gasteiger partial charge in [0.15, 0.2) is 6.61 Å². The first-order valence-corrected chi connectivity index (χ1v) is 7.63. The van der Waals surface area contributed by atoms with E-state index in [0.717, 1.165) is 11.3 Å². The van der Waals surface area contributed by atoms with Gasteiger partial charge >= 0.3 is 0 Å². The predicted octanol–water partition coefficient (Wildman–Crippen LogP) is 3.04. The van der Waals surface area contributed by atoms with Gasteiger partial charge in [-0.3, -0.25) is 9.59 Å². The fourth-order valence-electron chi connectivity index (χ4n) is 2.55. The Balaban J connectivity index is 1.59. The van der Waals surface area contributed by atoms with Crippen LogP contribution in [-0.2, 0) is 16.0 Å². The van der Waals surface area contributed by atoms with Crippen LogP contribution >= 0.6 is 0 Å². The summed E-state index contributed by atoms with van der Waals surface area (Å²) < 4.78 is 18.6. The van der Waals surface area contributed by atoms with E-state index in [1.54, 1.807) is 19.1 Å². The number of amides is 2.